The molecule has 0 amide bonds. The number of piperazine rings is 1. The van der Waals surface area contributed by atoms with Gasteiger partial charge in [0.2, 0.25) is 0 Å². The molecule has 2 heterocycles. The third-order valence-electron chi connectivity index (χ3n) is 3.65. The summed E-state index contributed by atoms with van der Waals surface area (Å²) in [7, 11) is 2.17. The Bertz CT molecular complexity index is 414. The second-order valence-electron chi connectivity index (χ2n) is 5.01. The van der Waals surface area contributed by atoms with Gasteiger partial charge < -0.3 is 14.7 Å². The predicted octanol–water partition coefficient (Wildman–Crippen LogP) is 1.50. The third kappa shape index (κ3) is 2.44. The molecule has 1 fully saturated rings. The molecule has 0 spiro atoms. The minimum Gasteiger partial charge on any atom is -0.368 e. The maximum absolute atomic E-state index is 5.25. The highest BCUT2D eigenvalue weighted by molar-refractivity contribution is 5.52. The van der Waals surface area contributed by atoms with Gasteiger partial charge in [0.15, 0.2) is 5.75 Å². The zero-order chi connectivity index (χ0) is 12.4. The van der Waals surface area contributed by atoms with E-state index >= 15 is 0 Å². The number of benzene rings is 1. The molecular weight excluding hydrogens is 228 g/mol. The maximum Gasteiger partial charge on any atom is 0.169 e. The highest BCUT2D eigenvalue weighted by Gasteiger charge is 2.17. The van der Waals surface area contributed by atoms with Crippen LogP contribution in [0.3, 0.4) is 0 Å². The molecule has 0 aliphatic carbocycles. The van der Waals surface area contributed by atoms with E-state index in [0.717, 1.165) is 44.8 Å². The third-order valence-corrected chi connectivity index (χ3v) is 3.65. The fourth-order valence-electron chi connectivity index (χ4n) is 2.44. The van der Waals surface area contributed by atoms with E-state index in [1.165, 1.54) is 11.3 Å². The average Bonchev–Trinajstić information content (AvgIpc) is 2.64. The molecule has 0 bridgehead atoms. The molecule has 2 aliphatic heterocycles. The van der Waals surface area contributed by atoms with Crippen LogP contribution in [-0.2, 0) is 11.3 Å². The first-order chi connectivity index (χ1) is 8.83. The average molecular weight is 247 g/mol. The summed E-state index contributed by atoms with van der Waals surface area (Å²) in [5.74, 6) is 0.824. The Morgan fingerprint density at radius 1 is 1.22 bits per heavy atom. The molecule has 0 saturated carbocycles. The minimum atomic E-state index is 0.665. The van der Waals surface area contributed by atoms with Gasteiger partial charge in [-0.2, -0.15) is 4.89 Å². The molecular formula is C14H19N2O2. The monoisotopic (exact) mass is 247 g/mol. The van der Waals surface area contributed by atoms with Crippen molar-refractivity contribution in [3.05, 3.63) is 23.8 Å². The Balaban J connectivity index is 1.79. The zero-order valence-corrected chi connectivity index (χ0v) is 10.8. The van der Waals surface area contributed by atoms with E-state index in [0.29, 0.717) is 6.61 Å². The lowest BCUT2D eigenvalue weighted by Gasteiger charge is -2.34. The number of hydrogen-bond donors (Lipinski definition) is 0. The first-order valence-corrected chi connectivity index (χ1v) is 6.60. The summed E-state index contributed by atoms with van der Waals surface area (Å²) >= 11 is 0. The van der Waals surface area contributed by atoms with Crippen LogP contribution in [0, 0.1) is 6.07 Å². The van der Waals surface area contributed by atoms with Crippen molar-refractivity contribution in [3.63, 3.8) is 0 Å². The van der Waals surface area contributed by atoms with E-state index in [-0.39, 0.29) is 0 Å². The lowest BCUT2D eigenvalue weighted by atomic mass is 10.1. The molecule has 4 nitrogen and oxygen atoms in total. The summed E-state index contributed by atoms with van der Waals surface area (Å²) < 4.78 is 0. The SMILES string of the molecule is CN1CCN(c2[c]cc3c(c2)CCCOO3)CC1. The van der Waals surface area contributed by atoms with Crippen molar-refractivity contribution >= 4 is 5.69 Å². The van der Waals surface area contributed by atoms with Crippen LogP contribution < -0.4 is 9.79 Å². The van der Waals surface area contributed by atoms with E-state index in [1.807, 2.05) is 6.07 Å². The standard InChI is InChI=1S/C14H19N2O2/c1-15-6-8-16(9-7-15)13-4-5-14-12(11-13)3-2-10-17-18-14/h5,11H,2-3,6-10H2,1H3. The number of anilines is 1. The van der Waals surface area contributed by atoms with Crippen molar-refractivity contribution in [2.45, 2.75) is 12.8 Å². The molecule has 2 aliphatic rings. The number of likely N-dealkylation sites (N-methyl/N-ethyl adjacent to an activating group) is 1. The van der Waals surface area contributed by atoms with Gasteiger partial charge in [-0.25, -0.2) is 0 Å². The molecule has 4 heteroatoms. The topological polar surface area (TPSA) is 24.9 Å². The second-order valence-corrected chi connectivity index (χ2v) is 5.01. The van der Waals surface area contributed by atoms with Crippen molar-refractivity contribution in [2.75, 3.05) is 44.7 Å². The van der Waals surface area contributed by atoms with Gasteiger partial charge in [0.25, 0.3) is 0 Å². The van der Waals surface area contributed by atoms with Crippen molar-refractivity contribution in [3.8, 4) is 5.75 Å². The summed E-state index contributed by atoms with van der Waals surface area (Å²) in [5, 5.41) is 0. The summed E-state index contributed by atoms with van der Waals surface area (Å²) in [6.07, 6.45) is 2.03. The normalized spacial score (nSPS) is 21.1. The Morgan fingerprint density at radius 3 is 2.89 bits per heavy atom. The van der Waals surface area contributed by atoms with Crippen molar-refractivity contribution in [1.29, 1.82) is 0 Å². The zero-order valence-electron chi connectivity index (χ0n) is 10.8. The summed E-state index contributed by atoms with van der Waals surface area (Å²) in [4.78, 5) is 15.1. The molecule has 1 radical (unpaired) electrons. The fourth-order valence-corrected chi connectivity index (χ4v) is 2.44. The Hall–Kier alpha value is -1.26. The fraction of sp³-hybridized carbons (Fsp3) is 0.571. The molecule has 1 aromatic carbocycles. The van der Waals surface area contributed by atoms with Crippen molar-refractivity contribution in [1.82, 2.24) is 4.90 Å². The predicted molar refractivity (Wildman–Crippen MR) is 69.9 cm³/mol. The minimum absolute atomic E-state index is 0.665. The molecule has 1 aromatic rings. The van der Waals surface area contributed by atoms with E-state index < -0.39 is 0 Å². The van der Waals surface area contributed by atoms with Crippen molar-refractivity contribution < 1.29 is 9.78 Å². The van der Waals surface area contributed by atoms with Gasteiger partial charge in [-0.3, -0.25) is 0 Å². The van der Waals surface area contributed by atoms with Gasteiger partial charge in [0.1, 0.15) is 0 Å². The molecule has 0 atom stereocenters. The summed E-state index contributed by atoms with van der Waals surface area (Å²) in [5.41, 5.74) is 2.42. The number of rotatable bonds is 1. The molecule has 0 N–H and O–H groups in total. The first kappa shape index (κ1) is 11.8. The number of aryl methyl sites for hydroxylation is 1. The highest BCUT2D eigenvalue weighted by Crippen LogP contribution is 2.28. The van der Waals surface area contributed by atoms with E-state index in [9.17, 15) is 0 Å². The van der Waals surface area contributed by atoms with Crippen LogP contribution in [0.4, 0.5) is 5.69 Å². The number of nitrogens with zero attached hydrogens (tertiary/aromatic N) is 2. The first-order valence-electron chi connectivity index (χ1n) is 6.60. The molecule has 0 aromatic heterocycles. The Labute approximate surface area is 108 Å². The molecule has 3 rings (SSSR count). The van der Waals surface area contributed by atoms with Gasteiger partial charge in [-0.05, 0) is 32.0 Å². The summed E-state index contributed by atoms with van der Waals surface area (Å²) in [6.45, 7) is 5.04. The number of fused-ring (bicyclic) bond motifs is 1. The lowest BCUT2D eigenvalue weighted by Crippen LogP contribution is -2.44. The highest BCUT2D eigenvalue weighted by atomic mass is 17.2. The largest absolute Gasteiger partial charge is 0.368 e. The summed E-state index contributed by atoms with van der Waals surface area (Å²) in [6, 6.07) is 7.43. The molecule has 1 saturated heterocycles. The van der Waals surface area contributed by atoms with Gasteiger partial charge in [-0.15, -0.1) is 0 Å². The van der Waals surface area contributed by atoms with E-state index in [1.54, 1.807) is 0 Å². The van der Waals surface area contributed by atoms with E-state index in [4.69, 9.17) is 9.78 Å². The van der Waals surface area contributed by atoms with Crippen LogP contribution in [0.15, 0.2) is 12.1 Å². The molecule has 0 unspecified atom stereocenters. The van der Waals surface area contributed by atoms with Crippen LogP contribution in [0.1, 0.15) is 12.0 Å². The van der Waals surface area contributed by atoms with Crippen LogP contribution >= 0.6 is 0 Å². The Morgan fingerprint density at radius 2 is 2.06 bits per heavy atom. The molecule has 18 heavy (non-hydrogen) atoms. The van der Waals surface area contributed by atoms with Gasteiger partial charge in [0.05, 0.1) is 6.61 Å². The molecule has 97 valence electrons. The smallest absolute Gasteiger partial charge is 0.169 e. The van der Waals surface area contributed by atoms with E-state index in [2.05, 4.69) is 29.0 Å². The number of hydrogen-bond acceptors (Lipinski definition) is 4. The lowest BCUT2D eigenvalue weighted by molar-refractivity contribution is -0.203. The van der Waals surface area contributed by atoms with Crippen LogP contribution in [0.5, 0.6) is 5.75 Å². The quantitative estimate of drug-likeness (QED) is 0.702. The van der Waals surface area contributed by atoms with Crippen molar-refractivity contribution in [2.24, 2.45) is 0 Å². The van der Waals surface area contributed by atoms with Crippen LogP contribution in [0.2, 0.25) is 0 Å². The van der Waals surface area contributed by atoms with Gasteiger partial charge in [-0.1, -0.05) is 0 Å². The van der Waals surface area contributed by atoms with Gasteiger partial charge in [0, 0.05) is 43.5 Å². The Kier molecular flexibility index (Phi) is 3.39. The van der Waals surface area contributed by atoms with Crippen LogP contribution in [-0.4, -0.2) is 44.7 Å². The van der Waals surface area contributed by atoms with Crippen LogP contribution in [0.25, 0.3) is 0 Å². The maximum atomic E-state index is 5.25. The second kappa shape index (κ2) is 5.16. The van der Waals surface area contributed by atoms with Gasteiger partial charge >= 0.3 is 0 Å².